The lowest BCUT2D eigenvalue weighted by Gasteiger charge is -2.25. The lowest BCUT2D eigenvalue weighted by atomic mass is 9.96. The van der Waals surface area contributed by atoms with Crippen LogP contribution < -0.4 is 15.1 Å². The molecule has 0 N–H and O–H groups in total. The molecule has 2 heterocycles. The fourth-order valence-electron chi connectivity index (χ4n) is 4.32. The van der Waals surface area contributed by atoms with Crippen molar-refractivity contribution in [3.8, 4) is 5.75 Å². The second-order valence-corrected chi connectivity index (χ2v) is 8.30. The number of benzene rings is 3. The predicted octanol–water partition coefficient (Wildman–Crippen LogP) is 5.48. The fourth-order valence-corrected chi connectivity index (χ4v) is 4.32. The fraction of sp³-hybridized carbons (Fsp3) is 0.185. The van der Waals surface area contributed by atoms with Gasteiger partial charge >= 0.3 is 0 Å². The molecule has 0 fully saturated rings. The van der Waals surface area contributed by atoms with Crippen molar-refractivity contribution in [2.45, 2.75) is 26.8 Å². The van der Waals surface area contributed by atoms with Crippen molar-refractivity contribution in [3.63, 3.8) is 0 Å². The van der Waals surface area contributed by atoms with Gasteiger partial charge in [-0.3, -0.25) is 14.5 Å². The van der Waals surface area contributed by atoms with Crippen molar-refractivity contribution in [3.05, 3.63) is 104 Å². The molecule has 4 aromatic rings. The van der Waals surface area contributed by atoms with E-state index in [2.05, 4.69) is 0 Å². The van der Waals surface area contributed by atoms with Gasteiger partial charge in [-0.2, -0.15) is 0 Å². The molecule has 32 heavy (non-hydrogen) atoms. The molecule has 5 rings (SSSR count). The molecule has 0 bridgehead atoms. The average molecular weight is 425 g/mol. The van der Waals surface area contributed by atoms with Crippen molar-refractivity contribution < 1.29 is 13.9 Å². The molecule has 5 heteroatoms. The third-order valence-electron chi connectivity index (χ3n) is 6.21. The number of fused-ring (bicyclic) bond motifs is 2. The van der Waals surface area contributed by atoms with E-state index in [1.54, 1.807) is 18.1 Å². The zero-order chi connectivity index (χ0) is 22.6. The second kappa shape index (κ2) is 7.38. The molecule has 0 spiro atoms. The molecular formula is C27H23NO4. The van der Waals surface area contributed by atoms with Gasteiger partial charge in [0.25, 0.3) is 5.91 Å². The molecular weight excluding hydrogens is 402 g/mol. The Balaban J connectivity index is 1.82. The summed E-state index contributed by atoms with van der Waals surface area (Å²) >= 11 is 0. The number of aryl methyl sites for hydroxylation is 3. The summed E-state index contributed by atoms with van der Waals surface area (Å²) in [6.45, 7) is 5.93. The summed E-state index contributed by atoms with van der Waals surface area (Å²) in [5, 5.41) is 0.490. The summed E-state index contributed by atoms with van der Waals surface area (Å²) in [5.74, 6) is 0.389. The minimum absolute atomic E-state index is 0.0964. The van der Waals surface area contributed by atoms with Crippen LogP contribution in [0.5, 0.6) is 5.75 Å². The molecule has 1 aliphatic rings. The van der Waals surface area contributed by atoms with Gasteiger partial charge in [-0.05, 0) is 61.7 Å². The number of carbonyl (C=O) groups is 1. The van der Waals surface area contributed by atoms with E-state index in [0.29, 0.717) is 28.0 Å². The Hall–Kier alpha value is -3.86. The van der Waals surface area contributed by atoms with E-state index >= 15 is 0 Å². The van der Waals surface area contributed by atoms with Crippen LogP contribution in [0.2, 0.25) is 0 Å². The highest BCUT2D eigenvalue weighted by molar-refractivity contribution is 6.10. The monoisotopic (exact) mass is 425 g/mol. The summed E-state index contributed by atoms with van der Waals surface area (Å²) in [6, 6.07) is 18.3. The first-order valence-electron chi connectivity index (χ1n) is 10.5. The molecule has 160 valence electrons. The first kappa shape index (κ1) is 20.1. The Morgan fingerprint density at radius 1 is 0.906 bits per heavy atom. The van der Waals surface area contributed by atoms with Crippen LogP contribution in [0.15, 0.2) is 69.9 Å². The largest absolute Gasteiger partial charge is 0.497 e. The molecule has 1 aromatic heterocycles. The molecule has 5 nitrogen and oxygen atoms in total. The Labute approximate surface area is 185 Å². The van der Waals surface area contributed by atoms with Gasteiger partial charge in [0.1, 0.15) is 11.3 Å². The maximum atomic E-state index is 13.7. The maximum absolute atomic E-state index is 13.7. The normalized spacial score (nSPS) is 15.3. The summed E-state index contributed by atoms with van der Waals surface area (Å²) in [7, 11) is 1.58. The van der Waals surface area contributed by atoms with E-state index in [0.717, 1.165) is 22.3 Å². The summed E-state index contributed by atoms with van der Waals surface area (Å²) < 4.78 is 11.5. The van der Waals surface area contributed by atoms with Crippen molar-refractivity contribution in [1.82, 2.24) is 0 Å². The molecule has 0 radical (unpaired) electrons. The number of ether oxygens (including phenoxy) is 1. The molecule has 0 saturated heterocycles. The first-order valence-corrected chi connectivity index (χ1v) is 10.5. The minimum atomic E-state index is -0.590. The maximum Gasteiger partial charge on any atom is 0.295 e. The topological polar surface area (TPSA) is 59.8 Å². The first-order chi connectivity index (χ1) is 15.4. The third kappa shape index (κ3) is 3.01. The second-order valence-electron chi connectivity index (χ2n) is 8.30. The van der Waals surface area contributed by atoms with Gasteiger partial charge in [0.05, 0.1) is 24.1 Å². The lowest BCUT2D eigenvalue weighted by Crippen LogP contribution is -2.29. The highest BCUT2D eigenvalue weighted by Gasteiger charge is 2.43. The summed E-state index contributed by atoms with van der Waals surface area (Å²) in [5.41, 5.74) is 5.23. The predicted molar refractivity (Wildman–Crippen MR) is 125 cm³/mol. The molecule has 1 unspecified atom stereocenters. The molecule has 1 atom stereocenters. The van der Waals surface area contributed by atoms with Crippen LogP contribution >= 0.6 is 0 Å². The van der Waals surface area contributed by atoms with Gasteiger partial charge < -0.3 is 9.15 Å². The van der Waals surface area contributed by atoms with Gasteiger partial charge in [0.2, 0.25) is 5.76 Å². The number of anilines is 1. The van der Waals surface area contributed by atoms with Crippen LogP contribution in [0.25, 0.3) is 11.0 Å². The van der Waals surface area contributed by atoms with Crippen LogP contribution in [-0.4, -0.2) is 13.0 Å². The van der Waals surface area contributed by atoms with Gasteiger partial charge in [-0.1, -0.05) is 35.9 Å². The van der Waals surface area contributed by atoms with Crippen molar-refractivity contribution in [2.75, 3.05) is 12.0 Å². The van der Waals surface area contributed by atoms with Crippen LogP contribution in [0.3, 0.4) is 0 Å². The molecule has 1 amide bonds. The van der Waals surface area contributed by atoms with Gasteiger partial charge in [0, 0.05) is 11.8 Å². The van der Waals surface area contributed by atoms with E-state index in [4.69, 9.17) is 9.15 Å². The molecule has 0 saturated carbocycles. The third-order valence-corrected chi connectivity index (χ3v) is 6.21. The molecule has 1 aliphatic heterocycles. The summed E-state index contributed by atoms with van der Waals surface area (Å²) in [4.78, 5) is 29.0. The van der Waals surface area contributed by atoms with Crippen molar-refractivity contribution in [2.24, 2.45) is 0 Å². The van der Waals surface area contributed by atoms with Gasteiger partial charge in [-0.15, -0.1) is 0 Å². The molecule has 3 aromatic carbocycles. The van der Waals surface area contributed by atoms with E-state index in [-0.39, 0.29) is 17.1 Å². The van der Waals surface area contributed by atoms with Crippen molar-refractivity contribution >= 4 is 22.6 Å². The summed E-state index contributed by atoms with van der Waals surface area (Å²) in [6.07, 6.45) is 0. The van der Waals surface area contributed by atoms with E-state index < -0.39 is 6.04 Å². The Kier molecular flexibility index (Phi) is 4.63. The lowest BCUT2D eigenvalue weighted by molar-refractivity contribution is 0.0971. The van der Waals surface area contributed by atoms with E-state index in [1.807, 2.05) is 75.4 Å². The standard InChI is InChI=1S/C27H23NO4/c1-15-8-10-18(11-9-15)24-23-25(29)21-12-16(2)17(3)13-22(21)32-26(23)27(30)28(24)19-6-5-7-20(14-19)31-4/h5-14,24H,1-4H3. The van der Waals surface area contributed by atoms with E-state index in [9.17, 15) is 9.59 Å². The van der Waals surface area contributed by atoms with Crippen molar-refractivity contribution in [1.29, 1.82) is 0 Å². The van der Waals surface area contributed by atoms with Crippen LogP contribution in [0.4, 0.5) is 5.69 Å². The number of methoxy groups -OCH3 is 1. The number of rotatable bonds is 3. The Morgan fingerprint density at radius 3 is 2.34 bits per heavy atom. The number of amides is 1. The minimum Gasteiger partial charge on any atom is -0.497 e. The highest BCUT2D eigenvalue weighted by atomic mass is 16.5. The number of nitrogens with zero attached hydrogens (tertiary/aromatic N) is 1. The smallest absolute Gasteiger partial charge is 0.295 e. The Bertz CT molecular complexity index is 1430. The molecule has 0 aliphatic carbocycles. The SMILES string of the molecule is COc1cccc(N2C(=O)c3oc4cc(C)c(C)cc4c(=O)c3C2c2ccc(C)cc2)c1. The van der Waals surface area contributed by atoms with Gasteiger partial charge in [-0.25, -0.2) is 0 Å². The quantitative estimate of drug-likeness (QED) is 0.436. The Morgan fingerprint density at radius 2 is 1.62 bits per heavy atom. The van der Waals surface area contributed by atoms with E-state index in [1.165, 1.54) is 0 Å². The number of carbonyl (C=O) groups excluding carboxylic acids is 1. The zero-order valence-electron chi connectivity index (χ0n) is 18.4. The number of hydrogen-bond donors (Lipinski definition) is 0. The van der Waals surface area contributed by atoms with Crippen LogP contribution in [-0.2, 0) is 0 Å². The number of hydrogen-bond acceptors (Lipinski definition) is 4. The zero-order valence-corrected chi connectivity index (χ0v) is 18.4. The van der Waals surface area contributed by atoms with Gasteiger partial charge in [0.15, 0.2) is 5.43 Å². The van der Waals surface area contributed by atoms with Crippen LogP contribution in [0.1, 0.15) is 44.4 Å². The highest BCUT2D eigenvalue weighted by Crippen LogP contribution is 2.42. The average Bonchev–Trinajstić information content (AvgIpc) is 3.08. The van der Waals surface area contributed by atoms with Crippen LogP contribution in [0, 0.1) is 20.8 Å².